The van der Waals surface area contributed by atoms with Crippen molar-refractivity contribution in [2.45, 2.75) is 17.6 Å². The molecule has 0 atom stereocenters. The summed E-state index contributed by atoms with van der Waals surface area (Å²) in [5, 5.41) is 2.75. The molecule has 0 aliphatic heterocycles. The van der Waals surface area contributed by atoms with Crippen molar-refractivity contribution in [2.75, 3.05) is 37.4 Å². The van der Waals surface area contributed by atoms with Crippen LogP contribution in [0.1, 0.15) is 11.1 Å². The van der Waals surface area contributed by atoms with Gasteiger partial charge in [0, 0.05) is 24.1 Å². The van der Waals surface area contributed by atoms with Gasteiger partial charge in [0.1, 0.15) is 12.4 Å². The fourth-order valence-electron chi connectivity index (χ4n) is 3.38. The molecule has 7 nitrogen and oxygen atoms in total. The van der Waals surface area contributed by atoms with Crippen molar-refractivity contribution in [1.82, 2.24) is 5.32 Å². The van der Waals surface area contributed by atoms with E-state index in [0.29, 0.717) is 35.1 Å². The third-order valence-corrected chi connectivity index (χ3v) is 8.13. The Kier molecular flexibility index (Phi) is 9.60. The molecule has 10 heteroatoms. The molecule has 0 unspecified atom stereocenters. The molecule has 3 rings (SSSR count). The molecule has 0 aliphatic carbocycles. The summed E-state index contributed by atoms with van der Waals surface area (Å²) in [6.07, 6.45) is 0. The number of carbonyl (C=O) groups excluding carboxylic acids is 1. The lowest BCUT2D eigenvalue weighted by molar-refractivity contribution is -0.119. The van der Waals surface area contributed by atoms with Crippen LogP contribution in [0.15, 0.2) is 71.6 Å². The molecule has 3 aromatic carbocycles. The lowest BCUT2D eigenvalue weighted by Gasteiger charge is -2.25. The van der Waals surface area contributed by atoms with Crippen molar-refractivity contribution >= 4 is 33.4 Å². The predicted octanol–water partition coefficient (Wildman–Crippen LogP) is 4.40. The smallest absolute Gasteiger partial charge is 0.264 e. The van der Waals surface area contributed by atoms with Crippen molar-refractivity contribution < 1.29 is 27.1 Å². The Balaban J connectivity index is 1.73. The Morgan fingerprint density at radius 2 is 1.69 bits per heavy atom. The summed E-state index contributed by atoms with van der Waals surface area (Å²) in [5.74, 6) is 1.06. The van der Waals surface area contributed by atoms with Gasteiger partial charge in [-0.05, 0) is 42.8 Å². The summed E-state index contributed by atoms with van der Waals surface area (Å²) in [6, 6.07) is 17.6. The first-order chi connectivity index (χ1) is 17.3. The molecule has 1 N–H and O–H groups in total. The molecule has 1 amide bonds. The zero-order valence-electron chi connectivity index (χ0n) is 20.4. The maximum Gasteiger partial charge on any atom is 0.264 e. The van der Waals surface area contributed by atoms with Gasteiger partial charge in [-0.3, -0.25) is 9.10 Å². The van der Waals surface area contributed by atoms with Gasteiger partial charge in [-0.15, -0.1) is 0 Å². The zero-order valence-corrected chi connectivity index (χ0v) is 22.0. The Labute approximate surface area is 215 Å². The third kappa shape index (κ3) is 6.92. The summed E-state index contributed by atoms with van der Waals surface area (Å²) in [6.45, 7) is 1.74. The van der Waals surface area contributed by atoms with Gasteiger partial charge in [0.25, 0.3) is 10.0 Å². The van der Waals surface area contributed by atoms with E-state index >= 15 is 0 Å². The summed E-state index contributed by atoms with van der Waals surface area (Å²) >= 11 is 1.47. The first kappa shape index (κ1) is 27.3. The van der Waals surface area contributed by atoms with Gasteiger partial charge in [0.2, 0.25) is 5.91 Å². The number of nitrogens with zero attached hydrogens (tertiary/aromatic N) is 1. The number of hydrogen-bond donors (Lipinski definition) is 1. The van der Waals surface area contributed by atoms with E-state index in [1.165, 1.54) is 50.2 Å². The molecule has 0 radical (unpaired) electrons. The number of halogens is 1. The molecule has 0 aromatic heterocycles. The number of carbonyl (C=O) groups is 1. The van der Waals surface area contributed by atoms with Crippen LogP contribution in [0, 0.1) is 12.7 Å². The minimum Gasteiger partial charge on any atom is -0.493 e. The summed E-state index contributed by atoms with van der Waals surface area (Å²) < 4.78 is 52.4. The van der Waals surface area contributed by atoms with Crippen molar-refractivity contribution in [3.8, 4) is 11.5 Å². The first-order valence-electron chi connectivity index (χ1n) is 11.2. The highest BCUT2D eigenvalue weighted by molar-refractivity contribution is 7.98. The number of ether oxygens (including phenoxy) is 2. The Morgan fingerprint density at radius 1 is 1.00 bits per heavy atom. The number of aryl methyl sites for hydroxylation is 1. The van der Waals surface area contributed by atoms with Crippen molar-refractivity contribution in [1.29, 1.82) is 0 Å². The first-order valence-corrected chi connectivity index (χ1v) is 13.7. The number of nitrogens with one attached hydrogen (secondary N) is 1. The molecule has 3 aromatic rings. The number of hydrogen-bond acceptors (Lipinski definition) is 6. The maximum absolute atomic E-state index is 13.7. The molecule has 0 aliphatic rings. The number of benzene rings is 3. The van der Waals surface area contributed by atoms with Crippen LogP contribution in [0.5, 0.6) is 11.5 Å². The van der Waals surface area contributed by atoms with Crippen LogP contribution in [0.2, 0.25) is 0 Å². The molecular formula is C26H29FN2O5S2. The van der Waals surface area contributed by atoms with Crippen LogP contribution in [-0.2, 0) is 20.6 Å². The highest BCUT2D eigenvalue weighted by Crippen LogP contribution is 2.33. The van der Waals surface area contributed by atoms with Crippen LogP contribution in [0.3, 0.4) is 0 Å². The van der Waals surface area contributed by atoms with E-state index in [0.717, 1.165) is 9.87 Å². The van der Waals surface area contributed by atoms with Crippen LogP contribution < -0.4 is 19.1 Å². The number of anilines is 1. The molecule has 0 spiro atoms. The van der Waals surface area contributed by atoms with E-state index in [1.807, 2.05) is 6.92 Å². The average molecular weight is 533 g/mol. The van der Waals surface area contributed by atoms with Gasteiger partial charge in [0.15, 0.2) is 11.5 Å². The van der Waals surface area contributed by atoms with E-state index in [9.17, 15) is 17.6 Å². The molecular weight excluding hydrogens is 503 g/mol. The van der Waals surface area contributed by atoms with Crippen LogP contribution >= 0.6 is 11.8 Å². The van der Waals surface area contributed by atoms with Gasteiger partial charge in [-0.1, -0.05) is 35.9 Å². The fourth-order valence-corrected chi connectivity index (χ4v) is 5.64. The monoisotopic (exact) mass is 532 g/mol. The summed E-state index contributed by atoms with van der Waals surface area (Å²) in [5.41, 5.74) is 1.77. The largest absolute Gasteiger partial charge is 0.493 e. The normalized spacial score (nSPS) is 11.1. The SMILES string of the molecule is COc1ccc(N(CC(=O)NCCSCc2ccccc2F)S(=O)(=O)c2ccc(C)cc2)cc1OC. The number of methoxy groups -OCH3 is 2. The number of rotatable bonds is 12. The summed E-state index contributed by atoms with van der Waals surface area (Å²) in [7, 11) is -1.12. The second-order valence-corrected chi connectivity index (χ2v) is 10.8. The zero-order chi connectivity index (χ0) is 26.1. The molecule has 0 bridgehead atoms. The minimum absolute atomic E-state index is 0.0659. The van der Waals surface area contributed by atoms with E-state index < -0.39 is 22.5 Å². The lowest BCUT2D eigenvalue weighted by atomic mass is 10.2. The summed E-state index contributed by atoms with van der Waals surface area (Å²) in [4.78, 5) is 12.8. The second-order valence-electron chi connectivity index (χ2n) is 7.86. The molecule has 0 saturated carbocycles. The number of thioether (sulfide) groups is 1. The molecule has 192 valence electrons. The fraction of sp³-hybridized carbons (Fsp3) is 0.269. The Hall–Kier alpha value is -3.24. The van der Waals surface area contributed by atoms with E-state index in [-0.39, 0.29) is 16.4 Å². The van der Waals surface area contributed by atoms with E-state index in [4.69, 9.17) is 9.47 Å². The maximum atomic E-state index is 13.7. The van der Waals surface area contributed by atoms with Crippen LogP contribution in [-0.4, -0.2) is 47.4 Å². The third-order valence-electron chi connectivity index (χ3n) is 5.34. The van der Waals surface area contributed by atoms with Gasteiger partial charge in [0.05, 0.1) is 24.8 Å². The molecule has 0 fully saturated rings. The number of amides is 1. The van der Waals surface area contributed by atoms with Crippen molar-refractivity contribution in [3.63, 3.8) is 0 Å². The highest BCUT2D eigenvalue weighted by atomic mass is 32.2. The van der Waals surface area contributed by atoms with Gasteiger partial charge < -0.3 is 14.8 Å². The quantitative estimate of drug-likeness (QED) is 0.348. The standard InChI is InChI=1S/C26H29FN2O5S2/c1-19-8-11-22(12-9-19)36(31,32)29(21-10-13-24(33-2)25(16-21)34-3)17-26(30)28-14-15-35-18-20-6-4-5-7-23(20)27/h4-13,16H,14-15,17-18H2,1-3H3,(H,28,30). The van der Waals surface area contributed by atoms with Gasteiger partial charge >= 0.3 is 0 Å². The molecule has 0 heterocycles. The van der Waals surface area contributed by atoms with Crippen molar-refractivity contribution in [2.24, 2.45) is 0 Å². The Morgan fingerprint density at radius 3 is 2.36 bits per heavy atom. The van der Waals surface area contributed by atoms with Crippen LogP contribution in [0.4, 0.5) is 10.1 Å². The van der Waals surface area contributed by atoms with E-state index in [1.54, 1.807) is 42.5 Å². The van der Waals surface area contributed by atoms with E-state index in [2.05, 4.69) is 5.32 Å². The Bertz CT molecular complexity index is 1280. The van der Waals surface area contributed by atoms with Crippen LogP contribution in [0.25, 0.3) is 0 Å². The number of sulfonamides is 1. The highest BCUT2D eigenvalue weighted by Gasteiger charge is 2.28. The predicted molar refractivity (Wildman–Crippen MR) is 141 cm³/mol. The molecule has 0 saturated heterocycles. The van der Waals surface area contributed by atoms with Gasteiger partial charge in [-0.2, -0.15) is 11.8 Å². The average Bonchev–Trinajstić information content (AvgIpc) is 2.87. The van der Waals surface area contributed by atoms with Crippen molar-refractivity contribution in [3.05, 3.63) is 83.7 Å². The lowest BCUT2D eigenvalue weighted by Crippen LogP contribution is -2.41. The van der Waals surface area contributed by atoms with Gasteiger partial charge in [-0.25, -0.2) is 12.8 Å². The minimum atomic E-state index is -4.06. The topological polar surface area (TPSA) is 84.9 Å². The second kappa shape index (κ2) is 12.6. The molecule has 36 heavy (non-hydrogen) atoms.